The van der Waals surface area contributed by atoms with E-state index in [2.05, 4.69) is 5.32 Å². The van der Waals surface area contributed by atoms with Crippen molar-refractivity contribution in [2.24, 2.45) is 5.73 Å². The average Bonchev–Trinajstić information content (AvgIpc) is 2.35. The van der Waals surface area contributed by atoms with Crippen LogP contribution in [0.25, 0.3) is 0 Å². The van der Waals surface area contributed by atoms with Crippen LogP contribution in [0, 0.1) is 0 Å². The van der Waals surface area contributed by atoms with Crippen molar-refractivity contribution in [1.82, 2.24) is 5.32 Å². The molecule has 0 aliphatic carbocycles. The van der Waals surface area contributed by atoms with E-state index < -0.39 is 0 Å². The Labute approximate surface area is 109 Å². The topological polar surface area (TPSA) is 81.1 Å². The smallest absolute Gasteiger partial charge is 0.220 e. The summed E-state index contributed by atoms with van der Waals surface area (Å²) in [5, 5.41) is 2.98. The molecule has 4 heteroatoms. The Morgan fingerprint density at radius 3 is 2.50 bits per heavy atom. The maximum atomic E-state index is 11.7. The van der Waals surface area contributed by atoms with E-state index in [1.165, 1.54) is 0 Å². The van der Waals surface area contributed by atoms with E-state index in [1.807, 2.05) is 31.2 Å². The van der Waals surface area contributed by atoms with Crippen LogP contribution >= 0.6 is 0 Å². The van der Waals surface area contributed by atoms with Crippen molar-refractivity contribution in [2.45, 2.75) is 38.6 Å². The Morgan fingerprint density at radius 1 is 1.22 bits per heavy atom. The van der Waals surface area contributed by atoms with Crippen LogP contribution in [0.2, 0.25) is 0 Å². The van der Waals surface area contributed by atoms with Gasteiger partial charge in [0, 0.05) is 12.1 Å². The molecule has 0 aliphatic heterocycles. The van der Waals surface area contributed by atoms with Crippen LogP contribution in [0.3, 0.4) is 0 Å². The third-order valence-electron chi connectivity index (χ3n) is 2.92. The summed E-state index contributed by atoms with van der Waals surface area (Å²) in [7, 11) is 0. The minimum atomic E-state index is 0.0209. The third kappa shape index (κ3) is 5.19. The fraction of sp³-hybridized carbons (Fsp3) is 0.500. The molecule has 1 rings (SSSR count). The summed E-state index contributed by atoms with van der Waals surface area (Å²) >= 11 is 0. The molecule has 5 N–H and O–H groups in total. The average molecular weight is 249 g/mol. The van der Waals surface area contributed by atoms with Gasteiger partial charge in [0.2, 0.25) is 5.91 Å². The van der Waals surface area contributed by atoms with E-state index in [-0.39, 0.29) is 11.9 Å². The lowest BCUT2D eigenvalue weighted by Gasteiger charge is -2.14. The van der Waals surface area contributed by atoms with Gasteiger partial charge in [0.25, 0.3) is 0 Å². The highest BCUT2D eigenvalue weighted by Crippen LogP contribution is 2.14. The highest BCUT2D eigenvalue weighted by atomic mass is 16.1. The molecule has 1 atom stereocenters. The number of benzene rings is 1. The van der Waals surface area contributed by atoms with Gasteiger partial charge >= 0.3 is 0 Å². The summed E-state index contributed by atoms with van der Waals surface area (Å²) in [5.74, 6) is 0.0938. The van der Waals surface area contributed by atoms with Gasteiger partial charge in [0.05, 0.1) is 6.04 Å². The van der Waals surface area contributed by atoms with Crippen molar-refractivity contribution in [3.63, 3.8) is 0 Å². The third-order valence-corrected chi connectivity index (χ3v) is 2.92. The number of nitrogens with two attached hydrogens (primary N) is 2. The van der Waals surface area contributed by atoms with Crippen molar-refractivity contribution < 1.29 is 4.79 Å². The molecule has 0 spiro atoms. The number of rotatable bonds is 7. The molecule has 18 heavy (non-hydrogen) atoms. The van der Waals surface area contributed by atoms with E-state index in [4.69, 9.17) is 11.5 Å². The quantitative estimate of drug-likeness (QED) is 0.510. The van der Waals surface area contributed by atoms with Gasteiger partial charge in [-0.1, -0.05) is 18.6 Å². The number of carbonyl (C=O) groups excluding carboxylic acids is 1. The molecule has 100 valence electrons. The van der Waals surface area contributed by atoms with Crippen LogP contribution in [0.1, 0.15) is 44.2 Å². The largest absolute Gasteiger partial charge is 0.399 e. The first-order valence-electron chi connectivity index (χ1n) is 6.48. The molecule has 1 amide bonds. The lowest BCUT2D eigenvalue weighted by Crippen LogP contribution is -2.26. The normalized spacial score (nSPS) is 12.1. The van der Waals surface area contributed by atoms with Crippen molar-refractivity contribution in [3.8, 4) is 0 Å². The van der Waals surface area contributed by atoms with Crippen molar-refractivity contribution in [3.05, 3.63) is 29.8 Å². The lowest BCUT2D eigenvalue weighted by molar-refractivity contribution is -0.121. The predicted molar refractivity (Wildman–Crippen MR) is 74.9 cm³/mol. The fourth-order valence-electron chi connectivity index (χ4n) is 1.79. The molecule has 1 aromatic carbocycles. The molecule has 0 aliphatic rings. The van der Waals surface area contributed by atoms with Crippen LogP contribution in [-0.2, 0) is 4.79 Å². The Bertz CT molecular complexity index is 362. The second-order valence-electron chi connectivity index (χ2n) is 4.56. The molecule has 1 aromatic rings. The van der Waals surface area contributed by atoms with E-state index in [0.29, 0.717) is 13.0 Å². The second-order valence-corrected chi connectivity index (χ2v) is 4.56. The van der Waals surface area contributed by atoms with E-state index in [1.54, 1.807) is 0 Å². The molecule has 1 unspecified atom stereocenters. The van der Waals surface area contributed by atoms with E-state index >= 15 is 0 Å². The minimum Gasteiger partial charge on any atom is -0.399 e. The molecular weight excluding hydrogens is 226 g/mol. The number of unbranched alkanes of at least 4 members (excludes halogenated alkanes) is 2. The summed E-state index contributed by atoms with van der Waals surface area (Å²) in [6.45, 7) is 2.67. The zero-order chi connectivity index (χ0) is 13.4. The predicted octanol–water partition coefficient (Wildman–Crippen LogP) is 1.97. The van der Waals surface area contributed by atoms with E-state index in [9.17, 15) is 4.79 Å². The molecule has 0 aromatic heterocycles. The molecule has 0 fully saturated rings. The maximum Gasteiger partial charge on any atom is 0.220 e. The van der Waals surface area contributed by atoms with Crippen molar-refractivity contribution >= 4 is 11.6 Å². The van der Waals surface area contributed by atoms with Crippen molar-refractivity contribution in [1.29, 1.82) is 0 Å². The summed E-state index contributed by atoms with van der Waals surface area (Å²) in [4.78, 5) is 11.7. The SMILES string of the molecule is CC(NC(=O)CCCCCN)c1ccc(N)cc1. The molecular formula is C14H23N3O. The van der Waals surface area contributed by atoms with E-state index in [0.717, 1.165) is 30.5 Å². The van der Waals surface area contributed by atoms with Gasteiger partial charge in [0.15, 0.2) is 0 Å². The first kappa shape index (κ1) is 14.5. The number of hydrogen-bond donors (Lipinski definition) is 3. The zero-order valence-corrected chi connectivity index (χ0v) is 11.0. The monoisotopic (exact) mass is 249 g/mol. The van der Waals surface area contributed by atoms with Gasteiger partial charge in [-0.15, -0.1) is 0 Å². The van der Waals surface area contributed by atoms with Gasteiger partial charge < -0.3 is 16.8 Å². The number of anilines is 1. The molecule has 0 saturated carbocycles. The Hall–Kier alpha value is -1.55. The highest BCUT2D eigenvalue weighted by Gasteiger charge is 2.08. The van der Waals surface area contributed by atoms with Gasteiger partial charge in [-0.05, 0) is 44.0 Å². The first-order valence-corrected chi connectivity index (χ1v) is 6.48. The number of carbonyl (C=O) groups is 1. The van der Waals surface area contributed by atoms with Gasteiger partial charge in [0.1, 0.15) is 0 Å². The number of amides is 1. The maximum absolute atomic E-state index is 11.7. The van der Waals surface area contributed by atoms with Crippen LogP contribution in [0.4, 0.5) is 5.69 Å². The van der Waals surface area contributed by atoms with Crippen LogP contribution in [-0.4, -0.2) is 12.5 Å². The van der Waals surface area contributed by atoms with Gasteiger partial charge in [-0.3, -0.25) is 4.79 Å². The van der Waals surface area contributed by atoms with Crippen LogP contribution < -0.4 is 16.8 Å². The van der Waals surface area contributed by atoms with Crippen molar-refractivity contribution in [2.75, 3.05) is 12.3 Å². The highest BCUT2D eigenvalue weighted by molar-refractivity contribution is 5.76. The second kappa shape index (κ2) is 7.71. The Kier molecular flexibility index (Phi) is 6.22. The minimum absolute atomic E-state index is 0.0209. The van der Waals surface area contributed by atoms with Crippen LogP contribution in [0.5, 0.6) is 0 Å². The molecule has 4 nitrogen and oxygen atoms in total. The number of nitrogen functional groups attached to an aromatic ring is 1. The summed E-state index contributed by atoms with van der Waals surface area (Å²) in [6, 6.07) is 7.59. The first-order chi connectivity index (χ1) is 8.63. The lowest BCUT2D eigenvalue weighted by atomic mass is 10.1. The number of nitrogens with one attached hydrogen (secondary N) is 1. The molecule has 0 heterocycles. The Balaban J connectivity index is 2.33. The standard InChI is InChI=1S/C14H23N3O/c1-11(12-6-8-13(16)9-7-12)17-14(18)5-3-2-4-10-15/h6-9,11H,2-5,10,15-16H2,1H3,(H,17,18). The van der Waals surface area contributed by atoms with Gasteiger partial charge in [-0.25, -0.2) is 0 Å². The number of hydrogen-bond acceptors (Lipinski definition) is 3. The van der Waals surface area contributed by atoms with Crippen LogP contribution in [0.15, 0.2) is 24.3 Å². The van der Waals surface area contributed by atoms with Gasteiger partial charge in [-0.2, -0.15) is 0 Å². The molecule has 0 bridgehead atoms. The summed E-state index contributed by atoms with van der Waals surface area (Å²) in [6.07, 6.45) is 3.47. The Morgan fingerprint density at radius 2 is 1.89 bits per heavy atom. The molecule has 0 saturated heterocycles. The fourth-order valence-corrected chi connectivity index (χ4v) is 1.79. The molecule has 0 radical (unpaired) electrons. The zero-order valence-electron chi connectivity index (χ0n) is 11.0. The summed E-state index contributed by atoms with van der Waals surface area (Å²) in [5.41, 5.74) is 12.8. The summed E-state index contributed by atoms with van der Waals surface area (Å²) < 4.78 is 0.